The van der Waals surface area contributed by atoms with Gasteiger partial charge in [0.15, 0.2) is 0 Å². The lowest BCUT2D eigenvalue weighted by Crippen LogP contribution is -2.49. The van der Waals surface area contributed by atoms with E-state index in [-0.39, 0.29) is 29.7 Å². The molecule has 0 bridgehead atoms. The number of amides is 2. The smallest absolute Gasteiger partial charge is 0.243 e. The molecule has 2 aliphatic rings. The Morgan fingerprint density at radius 2 is 1.61 bits per heavy atom. The third-order valence-electron chi connectivity index (χ3n) is 7.76. The minimum atomic E-state index is -3.48. The fraction of sp³-hybridized carbons (Fsp3) is 0.533. The predicted molar refractivity (Wildman–Crippen MR) is 156 cm³/mol. The van der Waals surface area contributed by atoms with Crippen molar-refractivity contribution >= 4 is 21.8 Å². The number of aryl methyl sites for hydroxylation is 1. The van der Waals surface area contributed by atoms with Crippen LogP contribution in [-0.2, 0) is 37.3 Å². The quantitative estimate of drug-likeness (QED) is 0.384. The van der Waals surface area contributed by atoms with Crippen LogP contribution < -0.4 is 10.1 Å². The van der Waals surface area contributed by atoms with Crippen molar-refractivity contribution in [3.63, 3.8) is 0 Å². The van der Waals surface area contributed by atoms with Gasteiger partial charge in [0.2, 0.25) is 21.8 Å². The van der Waals surface area contributed by atoms with Crippen molar-refractivity contribution in [2.24, 2.45) is 0 Å². The number of hydrogen-bond donors (Lipinski definition) is 1. The van der Waals surface area contributed by atoms with E-state index in [1.165, 1.54) is 4.31 Å². The Hall–Kier alpha value is -2.99. The molecule has 0 aromatic heterocycles. The molecule has 0 spiro atoms. The number of nitrogens with one attached hydrogen (secondary N) is 1. The fourth-order valence-electron chi connectivity index (χ4n) is 5.12. The summed E-state index contributed by atoms with van der Waals surface area (Å²) >= 11 is 0. The van der Waals surface area contributed by atoms with Gasteiger partial charge in [0.1, 0.15) is 11.8 Å². The van der Waals surface area contributed by atoms with Crippen LogP contribution in [0.2, 0.25) is 0 Å². The number of ether oxygens (including phenoxy) is 2. The van der Waals surface area contributed by atoms with Crippen LogP contribution in [-0.4, -0.2) is 100.0 Å². The molecule has 2 aliphatic heterocycles. The Balaban J connectivity index is 1.38. The summed E-state index contributed by atoms with van der Waals surface area (Å²) in [5.41, 5.74) is 1.76. The summed E-state index contributed by atoms with van der Waals surface area (Å²) < 4.78 is 37.8. The van der Waals surface area contributed by atoms with Gasteiger partial charge in [0.05, 0.1) is 25.2 Å². The molecule has 0 saturated carbocycles. The van der Waals surface area contributed by atoms with Crippen LogP contribution in [0.15, 0.2) is 53.4 Å². The zero-order valence-electron chi connectivity index (χ0n) is 24.1. The number of nitrogens with zero attached hydrogens (tertiary/aromatic N) is 3. The molecule has 10 nitrogen and oxygen atoms in total. The van der Waals surface area contributed by atoms with Crippen molar-refractivity contribution in [2.75, 3.05) is 59.6 Å². The molecular formula is C30H42N4O6S. The highest BCUT2D eigenvalue weighted by Gasteiger charge is 2.28. The van der Waals surface area contributed by atoms with Gasteiger partial charge >= 0.3 is 0 Å². The van der Waals surface area contributed by atoms with E-state index in [1.54, 1.807) is 43.2 Å². The summed E-state index contributed by atoms with van der Waals surface area (Å²) in [6.45, 7) is 7.48. The molecule has 4 rings (SSSR count). The number of carbonyl (C=O) groups is 2. The van der Waals surface area contributed by atoms with E-state index in [9.17, 15) is 18.0 Å². The summed E-state index contributed by atoms with van der Waals surface area (Å²) in [6.07, 6.45) is 2.40. The van der Waals surface area contributed by atoms with Crippen LogP contribution in [0.1, 0.15) is 37.3 Å². The molecule has 2 fully saturated rings. The molecule has 1 unspecified atom stereocenters. The molecule has 0 radical (unpaired) electrons. The average molecular weight is 587 g/mol. The summed E-state index contributed by atoms with van der Waals surface area (Å²) in [6, 6.07) is 13.6. The van der Waals surface area contributed by atoms with Crippen molar-refractivity contribution < 1.29 is 27.5 Å². The standard InChI is InChI=1S/C30H42N4O6S/c1-24(30(36)31-15-18-32-19-21-40-22-20-32)34(23-26-5-10-27(39-2)11-6-26)29(35)14-9-25-7-12-28(13-8-25)41(37,38)33-16-3-4-17-33/h5-8,10-13,24H,3-4,9,14-23H2,1-2H3,(H,31,36). The second kappa shape index (κ2) is 14.8. The number of carbonyl (C=O) groups excluding carboxylic acids is 2. The largest absolute Gasteiger partial charge is 0.497 e. The highest BCUT2D eigenvalue weighted by Crippen LogP contribution is 2.22. The lowest BCUT2D eigenvalue weighted by Gasteiger charge is -2.30. The summed E-state index contributed by atoms with van der Waals surface area (Å²) in [4.78, 5) is 30.7. The lowest BCUT2D eigenvalue weighted by atomic mass is 10.1. The molecule has 0 aliphatic carbocycles. The maximum absolute atomic E-state index is 13.5. The maximum atomic E-state index is 13.5. The van der Waals surface area contributed by atoms with E-state index in [2.05, 4.69) is 10.2 Å². The predicted octanol–water partition coefficient (Wildman–Crippen LogP) is 2.28. The number of benzene rings is 2. The third-order valence-corrected chi connectivity index (χ3v) is 9.68. The minimum absolute atomic E-state index is 0.148. The molecule has 224 valence electrons. The number of methoxy groups -OCH3 is 1. The molecule has 2 aromatic rings. The molecule has 2 heterocycles. The Morgan fingerprint density at radius 1 is 0.976 bits per heavy atom. The van der Waals surface area contributed by atoms with Crippen LogP contribution in [0.25, 0.3) is 0 Å². The fourth-order valence-corrected chi connectivity index (χ4v) is 6.64. The molecule has 1 atom stereocenters. The van der Waals surface area contributed by atoms with Gasteiger partial charge in [0, 0.05) is 52.2 Å². The molecule has 1 N–H and O–H groups in total. The van der Waals surface area contributed by atoms with Crippen LogP contribution in [0.5, 0.6) is 5.75 Å². The van der Waals surface area contributed by atoms with Gasteiger partial charge in [-0.25, -0.2) is 8.42 Å². The second-order valence-corrected chi connectivity index (χ2v) is 12.5. The summed E-state index contributed by atoms with van der Waals surface area (Å²) in [5, 5.41) is 2.99. The molecular weight excluding hydrogens is 544 g/mol. The van der Waals surface area contributed by atoms with Gasteiger partial charge in [0.25, 0.3) is 0 Å². The molecule has 2 saturated heterocycles. The normalized spacial score (nSPS) is 17.2. The monoisotopic (exact) mass is 586 g/mol. The molecule has 2 amide bonds. The van der Waals surface area contributed by atoms with Gasteiger partial charge in [-0.05, 0) is 61.6 Å². The van der Waals surface area contributed by atoms with Crippen molar-refractivity contribution in [1.29, 1.82) is 0 Å². The lowest BCUT2D eigenvalue weighted by molar-refractivity contribution is -0.140. The maximum Gasteiger partial charge on any atom is 0.243 e. The second-order valence-electron chi connectivity index (χ2n) is 10.5. The van der Waals surface area contributed by atoms with Crippen LogP contribution in [0.3, 0.4) is 0 Å². The first kappa shape index (κ1) is 31.0. The molecule has 11 heteroatoms. The number of hydrogen-bond acceptors (Lipinski definition) is 7. The highest BCUT2D eigenvalue weighted by molar-refractivity contribution is 7.89. The average Bonchev–Trinajstić information content (AvgIpc) is 3.56. The van der Waals surface area contributed by atoms with E-state index < -0.39 is 16.1 Å². The van der Waals surface area contributed by atoms with Crippen LogP contribution in [0, 0.1) is 0 Å². The Labute approximate surface area is 243 Å². The molecule has 2 aromatic carbocycles. The van der Waals surface area contributed by atoms with Crippen molar-refractivity contribution in [1.82, 2.24) is 19.4 Å². The highest BCUT2D eigenvalue weighted by atomic mass is 32.2. The van der Waals surface area contributed by atoms with Gasteiger partial charge in [-0.1, -0.05) is 24.3 Å². The van der Waals surface area contributed by atoms with E-state index in [0.29, 0.717) is 39.3 Å². The Morgan fingerprint density at radius 3 is 2.24 bits per heavy atom. The topological polar surface area (TPSA) is 108 Å². The Bertz CT molecular complexity index is 1240. The van der Waals surface area contributed by atoms with Crippen molar-refractivity contribution in [2.45, 2.75) is 50.1 Å². The SMILES string of the molecule is COc1ccc(CN(C(=O)CCc2ccc(S(=O)(=O)N3CCCC3)cc2)C(C)C(=O)NCCN2CCOCC2)cc1. The first-order valence-electron chi connectivity index (χ1n) is 14.4. The number of rotatable bonds is 13. The van der Waals surface area contributed by atoms with Crippen LogP contribution >= 0.6 is 0 Å². The van der Waals surface area contributed by atoms with E-state index in [0.717, 1.165) is 49.4 Å². The van der Waals surface area contributed by atoms with Gasteiger partial charge < -0.3 is 19.7 Å². The van der Waals surface area contributed by atoms with Gasteiger partial charge in [-0.15, -0.1) is 0 Å². The van der Waals surface area contributed by atoms with E-state index in [1.807, 2.05) is 24.3 Å². The van der Waals surface area contributed by atoms with Crippen LogP contribution in [0.4, 0.5) is 0 Å². The third kappa shape index (κ3) is 8.51. The van der Waals surface area contributed by atoms with Gasteiger partial charge in [-0.2, -0.15) is 4.31 Å². The zero-order chi connectivity index (χ0) is 29.2. The van der Waals surface area contributed by atoms with Crippen molar-refractivity contribution in [3.8, 4) is 5.75 Å². The van der Waals surface area contributed by atoms with Gasteiger partial charge in [-0.3, -0.25) is 14.5 Å². The summed E-state index contributed by atoms with van der Waals surface area (Å²) in [5.74, 6) is 0.373. The minimum Gasteiger partial charge on any atom is -0.497 e. The molecule has 41 heavy (non-hydrogen) atoms. The zero-order valence-corrected chi connectivity index (χ0v) is 24.9. The van der Waals surface area contributed by atoms with Crippen molar-refractivity contribution in [3.05, 3.63) is 59.7 Å². The number of morpholine rings is 1. The first-order chi connectivity index (χ1) is 19.8. The first-order valence-corrected chi connectivity index (χ1v) is 15.8. The van der Waals surface area contributed by atoms with E-state index >= 15 is 0 Å². The summed E-state index contributed by atoms with van der Waals surface area (Å²) in [7, 11) is -1.88. The van der Waals surface area contributed by atoms with E-state index in [4.69, 9.17) is 9.47 Å². The number of sulfonamides is 1. The Kier molecular flexibility index (Phi) is 11.1.